The predicted molar refractivity (Wildman–Crippen MR) is 82.2 cm³/mol. The minimum Gasteiger partial charge on any atom is -0.481 e. The molecule has 1 aliphatic rings. The van der Waals surface area contributed by atoms with Crippen molar-refractivity contribution in [2.24, 2.45) is 0 Å². The van der Waals surface area contributed by atoms with E-state index < -0.39 is 12.2 Å². The van der Waals surface area contributed by atoms with Crippen LogP contribution in [0.4, 0.5) is 0 Å². The van der Waals surface area contributed by atoms with E-state index in [-0.39, 0.29) is 5.91 Å². The molecule has 1 heterocycles. The predicted octanol–water partition coefficient (Wildman–Crippen LogP) is 2.91. The zero-order valence-electron chi connectivity index (χ0n) is 12.9. The minimum absolute atomic E-state index is 0.0375. The van der Waals surface area contributed by atoms with Crippen molar-refractivity contribution in [3.05, 3.63) is 29.8 Å². The van der Waals surface area contributed by atoms with Gasteiger partial charge in [0.05, 0.1) is 6.10 Å². The molecule has 1 unspecified atom stereocenters. The molecule has 2 rings (SSSR count). The Morgan fingerprint density at radius 2 is 1.95 bits per heavy atom. The number of piperidine rings is 1. The van der Waals surface area contributed by atoms with Gasteiger partial charge >= 0.3 is 0 Å². The number of hydrogen-bond donors (Lipinski definition) is 1. The van der Waals surface area contributed by atoms with Crippen LogP contribution in [0.2, 0.25) is 0 Å². The summed E-state index contributed by atoms with van der Waals surface area (Å²) in [6, 6.07) is 7.40. The summed E-state index contributed by atoms with van der Waals surface area (Å²) in [7, 11) is 0. The summed E-state index contributed by atoms with van der Waals surface area (Å²) in [4.78, 5) is 14.3. The Balaban J connectivity index is 2.05. The molecule has 0 aromatic heterocycles. The molecule has 1 fully saturated rings. The van der Waals surface area contributed by atoms with Crippen LogP contribution in [-0.4, -0.2) is 35.1 Å². The van der Waals surface area contributed by atoms with E-state index in [0.29, 0.717) is 12.2 Å². The molecule has 1 amide bonds. The highest BCUT2D eigenvalue weighted by Crippen LogP contribution is 2.28. The highest BCUT2D eigenvalue weighted by Gasteiger charge is 2.24. The summed E-state index contributed by atoms with van der Waals surface area (Å²) in [6.45, 7) is 5.35. The molecule has 1 saturated heterocycles. The van der Waals surface area contributed by atoms with Crippen molar-refractivity contribution in [3.8, 4) is 5.75 Å². The first-order valence-corrected chi connectivity index (χ1v) is 7.86. The maximum absolute atomic E-state index is 12.4. The number of hydrogen-bond acceptors (Lipinski definition) is 3. The molecular formula is C17H25NO3. The lowest BCUT2D eigenvalue weighted by Gasteiger charge is -2.29. The van der Waals surface area contributed by atoms with Gasteiger partial charge in [-0.1, -0.05) is 25.1 Å². The number of benzene rings is 1. The third kappa shape index (κ3) is 3.97. The van der Waals surface area contributed by atoms with Crippen LogP contribution in [0.3, 0.4) is 0 Å². The zero-order chi connectivity index (χ0) is 15.2. The van der Waals surface area contributed by atoms with Crippen molar-refractivity contribution in [1.29, 1.82) is 0 Å². The summed E-state index contributed by atoms with van der Waals surface area (Å²) >= 11 is 0. The number of ether oxygens (including phenoxy) is 1. The highest BCUT2D eigenvalue weighted by molar-refractivity contribution is 5.81. The van der Waals surface area contributed by atoms with Gasteiger partial charge in [-0.15, -0.1) is 0 Å². The van der Waals surface area contributed by atoms with Crippen LogP contribution < -0.4 is 4.74 Å². The van der Waals surface area contributed by atoms with E-state index >= 15 is 0 Å². The molecule has 1 N–H and O–H groups in total. The van der Waals surface area contributed by atoms with E-state index in [1.54, 1.807) is 6.92 Å². The molecule has 0 spiro atoms. The molecule has 116 valence electrons. The topological polar surface area (TPSA) is 49.8 Å². The Morgan fingerprint density at radius 1 is 1.29 bits per heavy atom. The number of aliphatic hydroxyl groups is 1. The van der Waals surface area contributed by atoms with Crippen LogP contribution in [0.15, 0.2) is 24.3 Å². The molecule has 21 heavy (non-hydrogen) atoms. The Kier molecular flexibility index (Phi) is 5.62. The van der Waals surface area contributed by atoms with Crippen molar-refractivity contribution in [2.45, 2.75) is 51.7 Å². The normalized spacial score (nSPS) is 18.1. The highest BCUT2D eigenvalue weighted by atomic mass is 16.5. The molecule has 0 radical (unpaired) electrons. The fourth-order valence-electron chi connectivity index (χ4n) is 2.70. The van der Waals surface area contributed by atoms with Crippen LogP contribution in [0.25, 0.3) is 0 Å². The number of para-hydroxylation sites is 1. The van der Waals surface area contributed by atoms with Gasteiger partial charge in [0.15, 0.2) is 6.10 Å². The van der Waals surface area contributed by atoms with Crippen LogP contribution in [0.5, 0.6) is 5.75 Å². The quantitative estimate of drug-likeness (QED) is 0.907. The van der Waals surface area contributed by atoms with E-state index in [2.05, 4.69) is 0 Å². The van der Waals surface area contributed by atoms with E-state index in [9.17, 15) is 9.90 Å². The summed E-state index contributed by atoms with van der Waals surface area (Å²) in [5.41, 5.74) is 0.748. The lowest BCUT2D eigenvalue weighted by Crippen LogP contribution is -2.43. The van der Waals surface area contributed by atoms with Gasteiger partial charge in [0.2, 0.25) is 0 Å². The van der Waals surface area contributed by atoms with Crippen molar-refractivity contribution >= 4 is 5.91 Å². The largest absolute Gasteiger partial charge is 0.481 e. The molecule has 1 aliphatic heterocycles. The van der Waals surface area contributed by atoms with Crippen LogP contribution in [0, 0.1) is 0 Å². The smallest absolute Gasteiger partial charge is 0.263 e. The van der Waals surface area contributed by atoms with E-state index in [4.69, 9.17) is 4.74 Å². The SMILES string of the molecule is CC[C@@H](O)c1ccccc1OC(C)C(=O)N1CCCCC1. The average Bonchev–Trinajstić information content (AvgIpc) is 2.54. The Bertz CT molecular complexity index is 469. The van der Waals surface area contributed by atoms with Gasteiger partial charge in [-0.3, -0.25) is 4.79 Å². The van der Waals surface area contributed by atoms with E-state index in [0.717, 1.165) is 31.5 Å². The standard InChI is InChI=1S/C17H25NO3/c1-3-15(19)14-9-5-6-10-16(14)21-13(2)17(20)18-11-7-4-8-12-18/h5-6,9-10,13,15,19H,3-4,7-8,11-12H2,1-2H3/t13?,15-/m1/s1. The first-order valence-electron chi connectivity index (χ1n) is 7.86. The van der Waals surface area contributed by atoms with Gasteiger partial charge in [0, 0.05) is 18.7 Å². The minimum atomic E-state index is -0.557. The lowest BCUT2D eigenvalue weighted by molar-refractivity contribution is -0.138. The summed E-state index contributed by atoms with van der Waals surface area (Å²) in [5, 5.41) is 10.0. The second kappa shape index (κ2) is 7.46. The van der Waals surface area contributed by atoms with Gasteiger partial charge in [-0.05, 0) is 38.7 Å². The van der Waals surface area contributed by atoms with Gasteiger partial charge in [-0.25, -0.2) is 0 Å². The number of amides is 1. The number of aliphatic hydroxyl groups excluding tert-OH is 1. The van der Waals surface area contributed by atoms with Gasteiger partial charge in [0.25, 0.3) is 5.91 Å². The molecule has 4 heteroatoms. The summed E-state index contributed by atoms with van der Waals surface area (Å²) in [6.07, 6.45) is 2.89. The van der Waals surface area contributed by atoms with E-state index in [1.165, 1.54) is 6.42 Å². The summed E-state index contributed by atoms with van der Waals surface area (Å²) < 4.78 is 5.83. The van der Waals surface area contributed by atoms with Crippen molar-refractivity contribution in [2.75, 3.05) is 13.1 Å². The third-order valence-electron chi connectivity index (χ3n) is 3.98. The molecular weight excluding hydrogens is 266 g/mol. The Hall–Kier alpha value is -1.55. The van der Waals surface area contributed by atoms with E-state index in [1.807, 2.05) is 36.1 Å². The molecule has 4 nitrogen and oxygen atoms in total. The van der Waals surface area contributed by atoms with Crippen LogP contribution >= 0.6 is 0 Å². The Morgan fingerprint density at radius 3 is 2.62 bits per heavy atom. The van der Waals surface area contributed by atoms with Crippen molar-refractivity contribution in [3.63, 3.8) is 0 Å². The molecule has 1 aromatic rings. The van der Waals surface area contributed by atoms with Crippen LogP contribution in [-0.2, 0) is 4.79 Å². The summed E-state index contributed by atoms with van der Waals surface area (Å²) in [5.74, 6) is 0.639. The maximum Gasteiger partial charge on any atom is 0.263 e. The maximum atomic E-state index is 12.4. The number of nitrogens with zero attached hydrogens (tertiary/aromatic N) is 1. The monoisotopic (exact) mass is 291 g/mol. The molecule has 1 aromatic carbocycles. The molecule has 0 saturated carbocycles. The van der Waals surface area contributed by atoms with Gasteiger partial charge < -0.3 is 14.7 Å². The van der Waals surface area contributed by atoms with Crippen LogP contribution in [0.1, 0.15) is 51.2 Å². The average molecular weight is 291 g/mol. The lowest BCUT2D eigenvalue weighted by atomic mass is 10.1. The number of carbonyl (C=O) groups is 1. The molecule has 0 bridgehead atoms. The van der Waals surface area contributed by atoms with Gasteiger partial charge in [-0.2, -0.15) is 0 Å². The Labute approximate surface area is 126 Å². The van der Waals surface area contributed by atoms with Crippen molar-refractivity contribution in [1.82, 2.24) is 4.90 Å². The second-order valence-electron chi connectivity index (χ2n) is 5.61. The molecule has 0 aliphatic carbocycles. The number of rotatable bonds is 5. The molecule has 2 atom stereocenters. The first kappa shape index (κ1) is 15.8. The number of likely N-dealkylation sites (tertiary alicyclic amines) is 1. The first-order chi connectivity index (χ1) is 10.1. The fraction of sp³-hybridized carbons (Fsp3) is 0.588. The van der Waals surface area contributed by atoms with Crippen molar-refractivity contribution < 1.29 is 14.6 Å². The second-order valence-corrected chi connectivity index (χ2v) is 5.61. The number of carbonyl (C=O) groups excluding carboxylic acids is 1. The zero-order valence-corrected chi connectivity index (χ0v) is 12.9. The van der Waals surface area contributed by atoms with Gasteiger partial charge in [0.1, 0.15) is 5.75 Å². The third-order valence-corrected chi connectivity index (χ3v) is 3.98. The fourth-order valence-corrected chi connectivity index (χ4v) is 2.70.